The molecule has 0 radical (unpaired) electrons. The van der Waals surface area contributed by atoms with Gasteiger partial charge in [0.1, 0.15) is 22.5 Å². The molecule has 0 saturated heterocycles. The van der Waals surface area contributed by atoms with E-state index in [9.17, 15) is 4.79 Å². The molecule has 0 fully saturated rings. The highest BCUT2D eigenvalue weighted by Crippen LogP contribution is 2.39. The van der Waals surface area contributed by atoms with Gasteiger partial charge in [-0.25, -0.2) is 0 Å². The van der Waals surface area contributed by atoms with Gasteiger partial charge in [-0.15, -0.1) is 21.5 Å². The van der Waals surface area contributed by atoms with Crippen LogP contribution in [0.1, 0.15) is 84.9 Å². The first-order chi connectivity index (χ1) is 16.6. The summed E-state index contributed by atoms with van der Waals surface area (Å²) in [6.45, 7) is 12.5. The number of esters is 1. The Hall–Kier alpha value is -2.84. The highest BCUT2D eigenvalue weighted by Gasteiger charge is 2.33. The molecular formula is C27H35N5O2S. The van der Waals surface area contributed by atoms with E-state index in [1.807, 2.05) is 27.7 Å². The van der Waals surface area contributed by atoms with Gasteiger partial charge in [0.2, 0.25) is 0 Å². The Morgan fingerprint density at radius 3 is 2.49 bits per heavy atom. The lowest BCUT2D eigenvalue weighted by molar-refractivity contribution is -0.155. The molecule has 3 heterocycles. The van der Waals surface area contributed by atoms with E-state index in [1.165, 1.54) is 16.0 Å². The van der Waals surface area contributed by atoms with Crippen LogP contribution in [-0.4, -0.2) is 38.6 Å². The fourth-order valence-electron chi connectivity index (χ4n) is 4.37. The first kappa shape index (κ1) is 25.3. The normalized spacial score (nSPS) is 15.3. The second kappa shape index (κ2) is 10.0. The predicted octanol–water partition coefficient (Wildman–Crippen LogP) is 5.16. The predicted molar refractivity (Wildman–Crippen MR) is 141 cm³/mol. The number of ether oxygens (including phenoxy) is 1. The van der Waals surface area contributed by atoms with Crippen LogP contribution in [0.3, 0.4) is 0 Å². The Labute approximate surface area is 211 Å². The molecule has 1 atom stereocenters. The number of hydrogen-bond donors (Lipinski definition) is 1. The van der Waals surface area contributed by atoms with Crippen molar-refractivity contribution in [3.8, 4) is 5.00 Å². The van der Waals surface area contributed by atoms with Crippen LogP contribution in [0, 0.1) is 20.8 Å². The second-order valence-electron chi connectivity index (χ2n) is 10.1. The van der Waals surface area contributed by atoms with E-state index in [0.717, 1.165) is 53.5 Å². The number of thiophene rings is 1. The summed E-state index contributed by atoms with van der Waals surface area (Å²) in [5.74, 6) is 1.15. The largest absolute Gasteiger partial charge is 0.460 e. The van der Waals surface area contributed by atoms with E-state index in [4.69, 9.17) is 15.5 Å². The Bertz CT molecular complexity index is 1250. The summed E-state index contributed by atoms with van der Waals surface area (Å²) in [6, 6.07) is 8.11. The molecule has 0 amide bonds. The molecule has 0 saturated carbocycles. The molecule has 2 N–H and O–H groups in total. The molecule has 0 aliphatic carbocycles. The third kappa shape index (κ3) is 5.38. The molecular weight excluding hydrogens is 458 g/mol. The van der Waals surface area contributed by atoms with Gasteiger partial charge in [0.15, 0.2) is 5.82 Å². The molecule has 35 heavy (non-hydrogen) atoms. The van der Waals surface area contributed by atoms with E-state index in [0.29, 0.717) is 5.82 Å². The van der Waals surface area contributed by atoms with Crippen LogP contribution in [0.25, 0.3) is 5.00 Å². The molecule has 8 heteroatoms. The minimum atomic E-state index is -0.566. The SMILES string of the molecule is Cc1sc2c(c1C)C(c1ccc(CCCCN)cc1)=N[C@@H](CC(=O)OC(C)(C)C)c1nnc(C)n1-2. The number of aliphatic imine (C=N–C) groups is 1. The third-order valence-corrected chi connectivity index (χ3v) is 7.36. The van der Waals surface area contributed by atoms with Crippen LogP contribution in [0.15, 0.2) is 29.3 Å². The zero-order valence-corrected chi connectivity index (χ0v) is 22.3. The first-order valence-corrected chi connectivity index (χ1v) is 13.0. The van der Waals surface area contributed by atoms with E-state index in [1.54, 1.807) is 11.3 Å². The van der Waals surface area contributed by atoms with E-state index in [-0.39, 0.29) is 12.4 Å². The van der Waals surface area contributed by atoms with Crippen molar-refractivity contribution in [3.63, 3.8) is 0 Å². The summed E-state index contributed by atoms with van der Waals surface area (Å²) >= 11 is 1.71. The van der Waals surface area contributed by atoms with Gasteiger partial charge < -0.3 is 10.5 Å². The van der Waals surface area contributed by atoms with Gasteiger partial charge in [0.05, 0.1) is 12.1 Å². The molecule has 3 aromatic rings. The van der Waals surface area contributed by atoms with Gasteiger partial charge in [0.25, 0.3) is 0 Å². The quantitative estimate of drug-likeness (QED) is 0.362. The van der Waals surface area contributed by atoms with Crippen molar-refractivity contribution >= 4 is 23.0 Å². The average molecular weight is 494 g/mol. The zero-order chi connectivity index (χ0) is 25.3. The summed E-state index contributed by atoms with van der Waals surface area (Å²) in [6.07, 6.45) is 3.21. The van der Waals surface area contributed by atoms with Gasteiger partial charge in [-0.2, -0.15) is 0 Å². The lowest BCUT2D eigenvalue weighted by atomic mass is 9.97. The average Bonchev–Trinajstić information content (AvgIpc) is 3.25. The highest BCUT2D eigenvalue weighted by molar-refractivity contribution is 7.15. The standard InChI is InChI=1S/C27H35N5O2S/c1-16-17(2)35-26-23(16)24(20-12-10-19(11-13-20)9-7-8-14-28)29-21(15-22(33)34-27(4,5)6)25-31-30-18(3)32(25)26/h10-13,21H,7-9,14-15,28H2,1-6H3/t21-/m0/s1. The van der Waals surface area contributed by atoms with Gasteiger partial charge in [0, 0.05) is 16.0 Å². The third-order valence-electron chi connectivity index (χ3n) is 6.17. The van der Waals surface area contributed by atoms with Crippen molar-refractivity contribution in [2.45, 2.75) is 78.9 Å². The smallest absolute Gasteiger partial charge is 0.308 e. The van der Waals surface area contributed by atoms with E-state index < -0.39 is 11.6 Å². The van der Waals surface area contributed by atoms with Gasteiger partial charge >= 0.3 is 5.97 Å². The number of rotatable bonds is 7. The molecule has 0 unspecified atom stereocenters. The maximum atomic E-state index is 12.8. The lowest BCUT2D eigenvalue weighted by Crippen LogP contribution is -2.25. The van der Waals surface area contributed by atoms with Crippen molar-refractivity contribution < 1.29 is 9.53 Å². The van der Waals surface area contributed by atoms with Crippen LogP contribution in [0.4, 0.5) is 0 Å². The number of nitrogens with zero attached hydrogens (tertiary/aromatic N) is 4. The molecule has 186 valence electrons. The van der Waals surface area contributed by atoms with Crippen molar-refractivity contribution in [2.75, 3.05) is 6.54 Å². The van der Waals surface area contributed by atoms with Gasteiger partial charge in [-0.3, -0.25) is 14.4 Å². The molecule has 7 nitrogen and oxygen atoms in total. The maximum Gasteiger partial charge on any atom is 0.308 e. The van der Waals surface area contributed by atoms with E-state index in [2.05, 4.69) is 52.9 Å². The molecule has 1 aromatic carbocycles. The number of aromatic nitrogens is 3. The Morgan fingerprint density at radius 1 is 1.11 bits per heavy atom. The summed E-state index contributed by atoms with van der Waals surface area (Å²) in [4.78, 5) is 19.2. The lowest BCUT2D eigenvalue weighted by Gasteiger charge is -2.21. The molecule has 1 aliphatic heterocycles. The van der Waals surface area contributed by atoms with E-state index >= 15 is 0 Å². The van der Waals surface area contributed by atoms with Crippen molar-refractivity contribution in [1.82, 2.24) is 14.8 Å². The van der Waals surface area contributed by atoms with Crippen LogP contribution < -0.4 is 5.73 Å². The summed E-state index contributed by atoms with van der Waals surface area (Å²) < 4.78 is 7.70. The van der Waals surface area contributed by atoms with Crippen LogP contribution >= 0.6 is 11.3 Å². The summed E-state index contributed by atoms with van der Waals surface area (Å²) in [5.41, 5.74) is 10.6. The molecule has 4 rings (SSSR count). The fraction of sp³-hybridized carbons (Fsp3) is 0.481. The number of carbonyl (C=O) groups excluding carboxylic acids is 1. The number of unbranched alkanes of at least 4 members (excludes halogenated alkanes) is 1. The first-order valence-electron chi connectivity index (χ1n) is 12.2. The van der Waals surface area contributed by atoms with Crippen LogP contribution in [0.2, 0.25) is 0 Å². The second-order valence-corrected chi connectivity index (χ2v) is 11.3. The monoisotopic (exact) mass is 493 g/mol. The number of carbonyl (C=O) groups is 1. The Balaban J connectivity index is 1.80. The number of benzene rings is 1. The van der Waals surface area contributed by atoms with Crippen molar-refractivity contribution in [1.29, 1.82) is 0 Å². The van der Waals surface area contributed by atoms with Crippen LogP contribution in [-0.2, 0) is 16.0 Å². The van der Waals surface area contributed by atoms with Gasteiger partial charge in [-0.05, 0) is 78.5 Å². The van der Waals surface area contributed by atoms with Gasteiger partial charge in [-0.1, -0.05) is 24.3 Å². The minimum Gasteiger partial charge on any atom is -0.460 e. The molecule has 2 aromatic heterocycles. The minimum absolute atomic E-state index is 0.100. The maximum absolute atomic E-state index is 12.8. The zero-order valence-electron chi connectivity index (χ0n) is 21.5. The Kier molecular flexibility index (Phi) is 7.24. The molecule has 0 bridgehead atoms. The highest BCUT2D eigenvalue weighted by atomic mass is 32.1. The molecule has 0 spiro atoms. The topological polar surface area (TPSA) is 95.4 Å². The van der Waals surface area contributed by atoms with Crippen molar-refractivity contribution in [2.24, 2.45) is 10.7 Å². The number of fused-ring (bicyclic) bond motifs is 3. The van der Waals surface area contributed by atoms with Crippen LogP contribution in [0.5, 0.6) is 0 Å². The number of aryl methyl sites for hydroxylation is 3. The Morgan fingerprint density at radius 2 is 1.83 bits per heavy atom. The summed E-state index contributed by atoms with van der Waals surface area (Å²) in [7, 11) is 0. The van der Waals surface area contributed by atoms with Crippen molar-refractivity contribution in [3.05, 3.63) is 63.0 Å². The number of hydrogen-bond acceptors (Lipinski definition) is 7. The summed E-state index contributed by atoms with van der Waals surface area (Å²) in [5, 5.41) is 9.86. The molecule has 1 aliphatic rings. The number of nitrogens with two attached hydrogens (primary N) is 1. The fourth-order valence-corrected chi connectivity index (χ4v) is 5.58.